The highest BCUT2D eigenvalue weighted by Gasteiger charge is 2.28. The molecule has 1 aliphatic rings. The fraction of sp³-hybridized carbons (Fsp3) is 1.00. The van der Waals surface area contributed by atoms with Gasteiger partial charge in [0, 0.05) is 25.7 Å². The first-order chi connectivity index (χ1) is 6.83. The average Bonchev–Trinajstić information content (AvgIpc) is 2.45. The minimum Gasteiger partial charge on any atom is -0.383 e. The molecule has 1 saturated carbocycles. The van der Waals surface area contributed by atoms with Crippen LogP contribution in [0.5, 0.6) is 0 Å². The van der Waals surface area contributed by atoms with E-state index in [0.717, 1.165) is 19.7 Å². The Bertz CT molecular complexity index is 142. The maximum absolute atomic E-state index is 5.89. The van der Waals surface area contributed by atoms with Gasteiger partial charge in [-0.3, -0.25) is 0 Å². The Morgan fingerprint density at radius 3 is 2.36 bits per heavy atom. The molecule has 0 unspecified atom stereocenters. The highest BCUT2D eigenvalue weighted by atomic mass is 16.5. The molecule has 0 heterocycles. The smallest absolute Gasteiger partial charge is 0.0587 e. The average molecular weight is 200 g/mol. The van der Waals surface area contributed by atoms with Gasteiger partial charge in [0.1, 0.15) is 0 Å². The molecule has 1 rings (SSSR count). The summed E-state index contributed by atoms with van der Waals surface area (Å²) in [7, 11) is 1.74. The van der Waals surface area contributed by atoms with Crippen molar-refractivity contribution < 1.29 is 4.74 Å². The third-order valence-electron chi connectivity index (χ3n) is 3.26. The van der Waals surface area contributed by atoms with Gasteiger partial charge in [0.2, 0.25) is 0 Å². The van der Waals surface area contributed by atoms with E-state index in [9.17, 15) is 0 Å². The maximum Gasteiger partial charge on any atom is 0.0587 e. The molecule has 0 spiro atoms. The summed E-state index contributed by atoms with van der Waals surface area (Å²) >= 11 is 0. The van der Waals surface area contributed by atoms with Crippen LogP contribution in [0.2, 0.25) is 0 Å². The van der Waals surface area contributed by atoms with Gasteiger partial charge in [0.25, 0.3) is 0 Å². The number of rotatable bonds is 5. The Labute approximate surface area is 87.4 Å². The van der Waals surface area contributed by atoms with E-state index in [-0.39, 0.29) is 5.54 Å². The standard InChI is InChI=1S/C11H24N2O/c1-14-9-8-13-11(10-12)6-4-2-3-5-7-11/h13H,2-10,12H2,1H3. The molecule has 0 aromatic heterocycles. The molecule has 14 heavy (non-hydrogen) atoms. The summed E-state index contributed by atoms with van der Waals surface area (Å²) in [6.07, 6.45) is 7.83. The van der Waals surface area contributed by atoms with Crippen LogP contribution >= 0.6 is 0 Å². The molecule has 0 amide bonds. The lowest BCUT2D eigenvalue weighted by molar-refractivity contribution is 0.179. The Balaban J connectivity index is 2.37. The van der Waals surface area contributed by atoms with Crippen LogP contribution < -0.4 is 11.1 Å². The van der Waals surface area contributed by atoms with E-state index in [2.05, 4.69) is 5.32 Å². The third kappa shape index (κ3) is 3.56. The van der Waals surface area contributed by atoms with Crippen molar-refractivity contribution in [2.75, 3.05) is 26.8 Å². The van der Waals surface area contributed by atoms with Crippen LogP contribution in [0.15, 0.2) is 0 Å². The SMILES string of the molecule is COCCNC1(CN)CCCCCC1. The first-order valence-electron chi connectivity index (χ1n) is 5.77. The summed E-state index contributed by atoms with van der Waals surface area (Å²) in [5, 5.41) is 3.58. The Morgan fingerprint density at radius 1 is 1.21 bits per heavy atom. The molecule has 3 heteroatoms. The number of methoxy groups -OCH3 is 1. The molecular formula is C11H24N2O. The van der Waals surface area contributed by atoms with Crippen molar-refractivity contribution in [2.45, 2.75) is 44.1 Å². The van der Waals surface area contributed by atoms with Crippen molar-refractivity contribution in [1.82, 2.24) is 5.32 Å². The Morgan fingerprint density at radius 2 is 1.86 bits per heavy atom. The Hall–Kier alpha value is -0.120. The number of hydrogen-bond donors (Lipinski definition) is 2. The van der Waals surface area contributed by atoms with Gasteiger partial charge >= 0.3 is 0 Å². The first-order valence-corrected chi connectivity index (χ1v) is 5.77. The van der Waals surface area contributed by atoms with Crippen molar-refractivity contribution in [1.29, 1.82) is 0 Å². The zero-order chi connectivity index (χ0) is 10.3. The monoisotopic (exact) mass is 200 g/mol. The normalized spacial score (nSPS) is 21.9. The lowest BCUT2D eigenvalue weighted by Crippen LogP contribution is -2.51. The first kappa shape index (κ1) is 12.0. The van der Waals surface area contributed by atoms with Crippen LogP contribution in [0.1, 0.15) is 38.5 Å². The topological polar surface area (TPSA) is 47.3 Å². The minimum atomic E-state index is 0.203. The minimum absolute atomic E-state index is 0.203. The van der Waals surface area contributed by atoms with Gasteiger partial charge < -0.3 is 15.8 Å². The second kappa shape index (κ2) is 6.38. The van der Waals surface area contributed by atoms with Gasteiger partial charge in [-0.25, -0.2) is 0 Å². The van der Waals surface area contributed by atoms with Crippen LogP contribution in [0.3, 0.4) is 0 Å². The molecule has 0 aromatic carbocycles. The van der Waals surface area contributed by atoms with E-state index < -0.39 is 0 Å². The zero-order valence-electron chi connectivity index (χ0n) is 9.35. The van der Waals surface area contributed by atoms with E-state index in [4.69, 9.17) is 10.5 Å². The summed E-state index contributed by atoms with van der Waals surface area (Å²) in [6, 6.07) is 0. The highest BCUT2D eigenvalue weighted by molar-refractivity contribution is 4.90. The predicted molar refractivity (Wildman–Crippen MR) is 59.4 cm³/mol. The molecule has 3 N–H and O–H groups in total. The van der Waals surface area contributed by atoms with Crippen molar-refractivity contribution in [3.63, 3.8) is 0 Å². The van der Waals surface area contributed by atoms with Gasteiger partial charge in [0.15, 0.2) is 0 Å². The van der Waals surface area contributed by atoms with Crippen LogP contribution in [0, 0.1) is 0 Å². The van der Waals surface area contributed by atoms with Crippen molar-refractivity contribution >= 4 is 0 Å². The zero-order valence-corrected chi connectivity index (χ0v) is 9.35. The summed E-state index contributed by atoms with van der Waals surface area (Å²) < 4.78 is 5.05. The molecule has 0 aromatic rings. The molecule has 0 atom stereocenters. The molecule has 3 nitrogen and oxygen atoms in total. The second-order valence-corrected chi connectivity index (χ2v) is 4.32. The number of hydrogen-bond acceptors (Lipinski definition) is 3. The van der Waals surface area contributed by atoms with Crippen molar-refractivity contribution in [3.8, 4) is 0 Å². The molecule has 84 valence electrons. The summed E-state index contributed by atoms with van der Waals surface area (Å²) in [6.45, 7) is 2.46. The van der Waals surface area contributed by atoms with E-state index >= 15 is 0 Å². The van der Waals surface area contributed by atoms with Crippen molar-refractivity contribution in [2.24, 2.45) is 5.73 Å². The number of nitrogens with two attached hydrogens (primary N) is 1. The van der Waals surface area contributed by atoms with Gasteiger partial charge in [-0.15, -0.1) is 0 Å². The van der Waals surface area contributed by atoms with Crippen LogP contribution in [-0.2, 0) is 4.74 Å². The fourth-order valence-corrected chi connectivity index (χ4v) is 2.28. The molecular weight excluding hydrogens is 176 g/mol. The lowest BCUT2D eigenvalue weighted by atomic mass is 9.90. The third-order valence-corrected chi connectivity index (χ3v) is 3.26. The van der Waals surface area contributed by atoms with E-state index in [0.29, 0.717) is 0 Å². The van der Waals surface area contributed by atoms with Crippen LogP contribution in [0.4, 0.5) is 0 Å². The van der Waals surface area contributed by atoms with Crippen LogP contribution in [-0.4, -0.2) is 32.3 Å². The highest BCUT2D eigenvalue weighted by Crippen LogP contribution is 2.25. The second-order valence-electron chi connectivity index (χ2n) is 4.32. The lowest BCUT2D eigenvalue weighted by Gasteiger charge is -2.32. The van der Waals surface area contributed by atoms with Gasteiger partial charge in [-0.1, -0.05) is 25.7 Å². The predicted octanol–water partition coefficient (Wildman–Crippen LogP) is 1.27. The number of nitrogens with one attached hydrogen (secondary N) is 1. The summed E-state index contributed by atoms with van der Waals surface area (Å²) in [5.74, 6) is 0. The molecule has 0 saturated heterocycles. The van der Waals surface area contributed by atoms with E-state index in [1.54, 1.807) is 7.11 Å². The Kier molecular flexibility index (Phi) is 5.45. The molecule has 0 aliphatic heterocycles. The summed E-state index contributed by atoms with van der Waals surface area (Å²) in [4.78, 5) is 0. The maximum atomic E-state index is 5.89. The quantitative estimate of drug-likeness (QED) is 0.519. The van der Waals surface area contributed by atoms with E-state index in [1.807, 2.05) is 0 Å². The van der Waals surface area contributed by atoms with E-state index in [1.165, 1.54) is 38.5 Å². The van der Waals surface area contributed by atoms with Gasteiger partial charge in [-0.2, -0.15) is 0 Å². The van der Waals surface area contributed by atoms with Crippen LogP contribution in [0.25, 0.3) is 0 Å². The largest absolute Gasteiger partial charge is 0.383 e. The molecule has 0 radical (unpaired) electrons. The molecule has 1 aliphatic carbocycles. The van der Waals surface area contributed by atoms with Gasteiger partial charge in [-0.05, 0) is 12.8 Å². The molecule has 0 bridgehead atoms. The fourth-order valence-electron chi connectivity index (χ4n) is 2.28. The molecule has 1 fully saturated rings. The van der Waals surface area contributed by atoms with Gasteiger partial charge in [0.05, 0.1) is 6.61 Å². The number of ether oxygens (including phenoxy) is 1. The van der Waals surface area contributed by atoms with Crippen molar-refractivity contribution in [3.05, 3.63) is 0 Å². The summed E-state index contributed by atoms with van der Waals surface area (Å²) in [5.41, 5.74) is 6.09.